The van der Waals surface area contributed by atoms with E-state index in [1.165, 1.54) is 30.3 Å². The molecule has 1 aromatic heterocycles. The van der Waals surface area contributed by atoms with E-state index in [4.69, 9.17) is 4.42 Å². The number of amides is 3. The molecule has 1 N–H and O–H groups in total. The molecule has 1 aliphatic heterocycles. The van der Waals surface area contributed by atoms with Crippen molar-refractivity contribution in [1.82, 2.24) is 10.2 Å². The maximum absolute atomic E-state index is 13.0. The Morgan fingerprint density at radius 3 is 2.43 bits per heavy atom. The molecule has 28 heavy (non-hydrogen) atoms. The molecule has 7 heteroatoms. The first-order chi connectivity index (χ1) is 13.5. The highest BCUT2D eigenvalue weighted by molar-refractivity contribution is 9.10. The smallest absolute Gasteiger partial charge is 0.329 e. The van der Waals surface area contributed by atoms with Crippen molar-refractivity contribution in [2.75, 3.05) is 0 Å². The normalized spacial score (nSPS) is 15.4. The number of nitrogens with one attached hydrogen (secondary N) is 1. The molecule has 0 bridgehead atoms. The Kier molecular flexibility index (Phi) is 4.83. The van der Waals surface area contributed by atoms with E-state index < -0.39 is 11.9 Å². The molecule has 140 valence electrons. The number of hydrogen-bond donors (Lipinski definition) is 1. The number of benzene rings is 2. The number of carbonyl (C=O) groups is 2. The Bertz CT molecular complexity index is 1070. The fourth-order valence-corrected chi connectivity index (χ4v) is 3.09. The monoisotopic (exact) mass is 440 g/mol. The Morgan fingerprint density at radius 1 is 1.00 bits per heavy atom. The molecule has 1 fully saturated rings. The number of hydrogen-bond acceptors (Lipinski definition) is 3. The van der Waals surface area contributed by atoms with Gasteiger partial charge in [-0.05, 0) is 42.0 Å². The average molecular weight is 441 g/mol. The first-order valence-corrected chi connectivity index (χ1v) is 9.24. The van der Waals surface area contributed by atoms with Crippen molar-refractivity contribution < 1.29 is 18.4 Å². The van der Waals surface area contributed by atoms with Crippen molar-refractivity contribution in [2.45, 2.75) is 6.54 Å². The van der Waals surface area contributed by atoms with Gasteiger partial charge in [0.15, 0.2) is 0 Å². The Morgan fingerprint density at radius 2 is 1.71 bits per heavy atom. The summed E-state index contributed by atoms with van der Waals surface area (Å²) in [6.45, 7) is 0.0601. The van der Waals surface area contributed by atoms with E-state index in [0.717, 1.165) is 14.9 Å². The van der Waals surface area contributed by atoms with Gasteiger partial charge in [-0.15, -0.1) is 0 Å². The second kappa shape index (κ2) is 7.44. The third kappa shape index (κ3) is 3.75. The molecule has 5 nitrogen and oxygen atoms in total. The summed E-state index contributed by atoms with van der Waals surface area (Å²) in [6.07, 6.45) is 1.49. The van der Waals surface area contributed by atoms with Crippen molar-refractivity contribution in [1.29, 1.82) is 0 Å². The molecule has 0 saturated carbocycles. The fourth-order valence-electron chi connectivity index (χ4n) is 2.83. The highest BCUT2D eigenvalue weighted by Gasteiger charge is 2.33. The third-order valence-corrected chi connectivity index (χ3v) is 4.79. The predicted octanol–water partition coefficient (Wildman–Crippen LogP) is 4.94. The Balaban J connectivity index is 1.52. The maximum Gasteiger partial charge on any atom is 0.329 e. The average Bonchev–Trinajstić information content (AvgIpc) is 3.24. The van der Waals surface area contributed by atoms with Gasteiger partial charge in [0.05, 0.1) is 6.54 Å². The second-order valence-corrected chi connectivity index (χ2v) is 7.13. The zero-order chi connectivity index (χ0) is 19.7. The molecule has 3 amide bonds. The molecule has 1 aliphatic rings. The standard InChI is InChI=1S/C21H14BrFN2O3/c22-15-5-3-14(4-6-15)19-10-9-17(28-19)11-18-20(26)25(21(27)24-18)12-13-1-7-16(23)8-2-13/h1-11H,12H2,(H,24,27)/b18-11-. The van der Waals surface area contributed by atoms with Crippen LogP contribution in [0.4, 0.5) is 9.18 Å². The minimum atomic E-state index is -0.528. The van der Waals surface area contributed by atoms with Crippen molar-refractivity contribution in [2.24, 2.45) is 0 Å². The van der Waals surface area contributed by atoms with Gasteiger partial charge in [0, 0.05) is 16.1 Å². The summed E-state index contributed by atoms with van der Waals surface area (Å²) in [5.41, 5.74) is 1.68. The van der Waals surface area contributed by atoms with E-state index >= 15 is 0 Å². The van der Waals surface area contributed by atoms with Crippen LogP contribution >= 0.6 is 15.9 Å². The van der Waals surface area contributed by atoms with E-state index in [-0.39, 0.29) is 18.1 Å². The summed E-state index contributed by atoms with van der Waals surface area (Å²) >= 11 is 3.39. The van der Waals surface area contributed by atoms with Gasteiger partial charge in [-0.3, -0.25) is 9.69 Å². The van der Waals surface area contributed by atoms with Gasteiger partial charge < -0.3 is 9.73 Å². The van der Waals surface area contributed by atoms with E-state index in [9.17, 15) is 14.0 Å². The van der Waals surface area contributed by atoms with Crippen LogP contribution in [0.5, 0.6) is 0 Å². The number of carbonyl (C=O) groups excluding carboxylic acids is 2. The summed E-state index contributed by atoms with van der Waals surface area (Å²) in [5, 5.41) is 2.55. The highest BCUT2D eigenvalue weighted by atomic mass is 79.9. The van der Waals surface area contributed by atoms with Crippen LogP contribution in [0.15, 0.2) is 75.3 Å². The van der Waals surface area contributed by atoms with Crippen molar-refractivity contribution in [3.05, 3.63) is 88.0 Å². The lowest BCUT2D eigenvalue weighted by Crippen LogP contribution is -2.30. The Hall–Kier alpha value is -3.19. The molecule has 0 spiro atoms. The van der Waals surface area contributed by atoms with Crippen LogP contribution in [-0.4, -0.2) is 16.8 Å². The van der Waals surface area contributed by atoms with Gasteiger partial charge in [-0.25, -0.2) is 9.18 Å². The maximum atomic E-state index is 13.0. The quantitative estimate of drug-likeness (QED) is 0.461. The minimum Gasteiger partial charge on any atom is -0.457 e. The van der Waals surface area contributed by atoms with Crippen LogP contribution in [0.3, 0.4) is 0 Å². The van der Waals surface area contributed by atoms with Gasteiger partial charge in [0.1, 0.15) is 23.0 Å². The molecule has 1 saturated heterocycles. The number of furan rings is 1. The number of nitrogens with zero attached hydrogens (tertiary/aromatic N) is 1. The largest absolute Gasteiger partial charge is 0.457 e. The van der Waals surface area contributed by atoms with Gasteiger partial charge >= 0.3 is 6.03 Å². The molecule has 2 aromatic carbocycles. The van der Waals surface area contributed by atoms with Crippen LogP contribution in [-0.2, 0) is 11.3 Å². The first kappa shape index (κ1) is 18.2. The molecule has 0 atom stereocenters. The molecule has 0 aliphatic carbocycles. The topological polar surface area (TPSA) is 62.6 Å². The number of rotatable bonds is 4. The van der Waals surface area contributed by atoms with Crippen LogP contribution in [0.25, 0.3) is 17.4 Å². The van der Waals surface area contributed by atoms with Crippen molar-refractivity contribution in [3.63, 3.8) is 0 Å². The zero-order valence-corrected chi connectivity index (χ0v) is 16.1. The number of halogens is 2. The zero-order valence-electron chi connectivity index (χ0n) is 14.5. The predicted molar refractivity (Wildman–Crippen MR) is 105 cm³/mol. The lowest BCUT2D eigenvalue weighted by atomic mass is 10.2. The summed E-state index contributed by atoms with van der Waals surface area (Å²) < 4.78 is 19.8. The van der Waals surface area contributed by atoms with E-state index in [0.29, 0.717) is 17.1 Å². The molecule has 3 aromatic rings. The lowest BCUT2D eigenvalue weighted by molar-refractivity contribution is -0.123. The first-order valence-electron chi connectivity index (χ1n) is 8.44. The van der Waals surface area contributed by atoms with Gasteiger partial charge in [-0.1, -0.05) is 40.2 Å². The van der Waals surface area contributed by atoms with Crippen LogP contribution < -0.4 is 5.32 Å². The van der Waals surface area contributed by atoms with E-state index in [2.05, 4.69) is 21.2 Å². The molecular weight excluding hydrogens is 427 g/mol. The molecule has 4 rings (SSSR count). The summed E-state index contributed by atoms with van der Waals surface area (Å²) in [6, 6.07) is 16.3. The SMILES string of the molecule is O=C1N/C(=C\c2ccc(-c3ccc(Br)cc3)o2)C(=O)N1Cc1ccc(F)cc1. The summed E-state index contributed by atoms with van der Waals surface area (Å²) in [7, 11) is 0. The van der Waals surface area contributed by atoms with Crippen LogP contribution in [0.2, 0.25) is 0 Å². The third-order valence-electron chi connectivity index (χ3n) is 4.26. The van der Waals surface area contributed by atoms with Gasteiger partial charge in [-0.2, -0.15) is 0 Å². The van der Waals surface area contributed by atoms with Crippen LogP contribution in [0, 0.1) is 5.82 Å². The van der Waals surface area contributed by atoms with E-state index in [1.807, 2.05) is 24.3 Å². The highest BCUT2D eigenvalue weighted by Crippen LogP contribution is 2.25. The second-order valence-electron chi connectivity index (χ2n) is 6.21. The minimum absolute atomic E-state index is 0.0601. The van der Waals surface area contributed by atoms with Crippen molar-refractivity contribution >= 4 is 33.9 Å². The fraction of sp³-hybridized carbons (Fsp3) is 0.0476. The summed E-state index contributed by atoms with van der Waals surface area (Å²) in [4.78, 5) is 25.8. The van der Waals surface area contributed by atoms with Crippen molar-refractivity contribution in [3.8, 4) is 11.3 Å². The number of urea groups is 1. The molecular formula is C21H14BrFN2O3. The molecule has 0 unspecified atom stereocenters. The molecule has 2 heterocycles. The van der Waals surface area contributed by atoms with Gasteiger partial charge in [0.25, 0.3) is 5.91 Å². The van der Waals surface area contributed by atoms with E-state index in [1.54, 1.807) is 12.1 Å². The molecule has 0 radical (unpaired) electrons. The summed E-state index contributed by atoms with van der Waals surface area (Å²) in [5.74, 6) is 0.265. The number of imide groups is 1. The van der Waals surface area contributed by atoms with Crippen LogP contribution in [0.1, 0.15) is 11.3 Å². The lowest BCUT2D eigenvalue weighted by Gasteiger charge is -2.11. The van der Waals surface area contributed by atoms with Gasteiger partial charge in [0.2, 0.25) is 0 Å². The Labute approximate surface area is 168 Å².